The molecular weight excluding hydrogens is 312 g/mol. The summed E-state index contributed by atoms with van der Waals surface area (Å²) in [5, 5.41) is 8.71. The number of hydrogen-bond donors (Lipinski definition) is 1. The second kappa shape index (κ2) is 5.55. The van der Waals surface area contributed by atoms with Gasteiger partial charge in [0, 0.05) is 29.1 Å². The van der Waals surface area contributed by atoms with E-state index in [4.69, 9.17) is 0 Å². The molecule has 0 aliphatic heterocycles. The first-order valence-corrected chi connectivity index (χ1v) is 8.89. The molecule has 2 aliphatic rings. The van der Waals surface area contributed by atoms with Crippen molar-refractivity contribution in [3.63, 3.8) is 0 Å². The van der Waals surface area contributed by atoms with E-state index in [0.717, 1.165) is 24.2 Å². The highest BCUT2D eigenvalue weighted by Gasteiger charge is 2.60. The zero-order valence-corrected chi connectivity index (χ0v) is 15.0. The minimum atomic E-state index is -0.163. The fraction of sp³-hybridized carbons (Fsp3) is 0.450. The van der Waals surface area contributed by atoms with Crippen molar-refractivity contribution in [2.24, 2.45) is 21.8 Å². The molecule has 0 saturated heterocycles. The summed E-state index contributed by atoms with van der Waals surface area (Å²) >= 11 is 0. The summed E-state index contributed by atoms with van der Waals surface area (Å²) < 4.78 is 1.76. The lowest BCUT2D eigenvalue weighted by Crippen LogP contribution is -2.34. The minimum Gasteiger partial charge on any atom is -0.267 e. The Morgan fingerprint density at radius 1 is 1.28 bits per heavy atom. The van der Waals surface area contributed by atoms with E-state index in [0.29, 0.717) is 11.5 Å². The molecule has 1 aromatic carbocycles. The van der Waals surface area contributed by atoms with Gasteiger partial charge in [0.25, 0.3) is 5.91 Å². The highest BCUT2D eigenvalue weighted by atomic mass is 16.2. The number of aromatic nitrogens is 2. The summed E-state index contributed by atoms with van der Waals surface area (Å²) in [4.78, 5) is 12.4. The van der Waals surface area contributed by atoms with Gasteiger partial charge in [-0.05, 0) is 60.9 Å². The Balaban J connectivity index is 1.48. The number of hydrogen-bond acceptors (Lipinski definition) is 3. The van der Waals surface area contributed by atoms with Crippen molar-refractivity contribution < 1.29 is 4.79 Å². The predicted octanol–water partition coefficient (Wildman–Crippen LogP) is 3.80. The van der Waals surface area contributed by atoms with E-state index in [1.54, 1.807) is 23.0 Å². The van der Waals surface area contributed by atoms with Gasteiger partial charge in [0.2, 0.25) is 0 Å². The average Bonchev–Trinajstić information content (AvgIpc) is 3.26. The van der Waals surface area contributed by atoms with E-state index >= 15 is 0 Å². The molecule has 2 bridgehead atoms. The third kappa shape index (κ3) is 2.41. The summed E-state index contributed by atoms with van der Waals surface area (Å²) in [6, 6.07) is 9.25. The Morgan fingerprint density at radius 2 is 2.04 bits per heavy atom. The number of nitrogens with one attached hydrogen (secondary N) is 1. The first-order valence-electron chi connectivity index (χ1n) is 8.89. The molecule has 0 radical (unpaired) electrons. The number of carbonyl (C=O) groups is 1. The number of amides is 1. The maximum atomic E-state index is 12.4. The lowest BCUT2D eigenvalue weighted by Gasteiger charge is -2.34. The van der Waals surface area contributed by atoms with E-state index in [1.165, 1.54) is 6.42 Å². The molecule has 1 heterocycles. The van der Waals surface area contributed by atoms with Crippen LogP contribution in [0.5, 0.6) is 0 Å². The smallest absolute Gasteiger partial charge is 0.267 e. The Morgan fingerprint density at radius 3 is 2.60 bits per heavy atom. The van der Waals surface area contributed by atoms with Crippen LogP contribution in [0.25, 0.3) is 5.69 Å². The predicted molar refractivity (Wildman–Crippen MR) is 97.7 cm³/mol. The molecule has 130 valence electrons. The van der Waals surface area contributed by atoms with Gasteiger partial charge >= 0.3 is 0 Å². The van der Waals surface area contributed by atoms with Gasteiger partial charge in [-0.15, -0.1) is 0 Å². The van der Waals surface area contributed by atoms with Crippen molar-refractivity contribution in [2.45, 2.75) is 40.0 Å². The summed E-state index contributed by atoms with van der Waals surface area (Å²) in [6.07, 6.45) is 7.04. The van der Waals surface area contributed by atoms with E-state index in [1.807, 2.05) is 24.4 Å². The van der Waals surface area contributed by atoms with Crippen molar-refractivity contribution in [1.82, 2.24) is 15.2 Å². The van der Waals surface area contributed by atoms with Crippen LogP contribution in [0.2, 0.25) is 0 Å². The number of hydrazone groups is 1. The van der Waals surface area contributed by atoms with Gasteiger partial charge < -0.3 is 0 Å². The van der Waals surface area contributed by atoms with Crippen LogP contribution < -0.4 is 5.43 Å². The second-order valence-corrected chi connectivity index (χ2v) is 7.99. The molecule has 1 amide bonds. The van der Waals surface area contributed by atoms with E-state index in [2.05, 4.69) is 36.4 Å². The largest absolute Gasteiger partial charge is 0.271 e. The number of benzene rings is 1. The molecular formula is C20H24N4O. The van der Waals surface area contributed by atoms with Crippen LogP contribution in [0.4, 0.5) is 0 Å². The second-order valence-electron chi connectivity index (χ2n) is 7.99. The standard InChI is InChI=1S/C20H24N4O/c1-19(2)15-9-10-20(19,3)17(13-15)22-23-18(25)14-5-7-16(8-6-14)24-12-4-11-21-24/h4-8,11-12,15H,9-10,13H2,1-3H3,(H,23,25)/b22-17+/t15-,20-/m1/s1. The Kier molecular flexibility index (Phi) is 3.56. The van der Waals surface area contributed by atoms with Crippen molar-refractivity contribution in [3.8, 4) is 5.69 Å². The van der Waals surface area contributed by atoms with Crippen molar-refractivity contribution in [1.29, 1.82) is 0 Å². The van der Waals surface area contributed by atoms with Gasteiger partial charge in [0.1, 0.15) is 0 Å². The molecule has 4 rings (SSSR count). The molecule has 5 heteroatoms. The normalized spacial score (nSPS) is 28.4. The zero-order valence-electron chi connectivity index (χ0n) is 15.0. The lowest BCUT2D eigenvalue weighted by atomic mass is 9.70. The van der Waals surface area contributed by atoms with Gasteiger partial charge in [0.15, 0.2) is 0 Å². The van der Waals surface area contributed by atoms with Crippen LogP contribution in [0.15, 0.2) is 47.8 Å². The van der Waals surface area contributed by atoms with Crippen LogP contribution in [0.3, 0.4) is 0 Å². The first-order chi connectivity index (χ1) is 11.9. The van der Waals surface area contributed by atoms with Crippen LogP contribution in [0.1, 0.15) is 50.4 Å². The van der Waals surface area contributed by atoms with Crippen molar-refractivity contribution >= 4 is 11.6 Å². The monoisotopic (exact) mass is 336 g/mol. The fourth-order valence-electron chi connectivity index (χ4n) is 4.47. The van der Waals surface area contributed by atoms with Gasteiger partial charge in [-0.1, -0.05) is 20.8 Å². The highest BCUT2D eigenvalue weighted by molar-refractivity contribution is 5.98. The molecule has 2 saturated carbocycles. The molecule has 2 atom stereocenters. The molecule has 2 aliphatic carbocycles. The average molecular weight is 336 g/mol. The quantitative estimate of drug-likeness (QED) is 0.867. The maximum Gasteiger partial charge on any atom is 0.271 e. The van der Waals surface area contributed by atoms with Crippen molar-refractivity contribution in [3.05, 3.63) is 48.3 Å². The molecule has 2 fully saturated rings. The van der Waals surface area contributed by atoms with Crippen LogP contribution in [-0.2, 0) is 0 Å². The zero-order chi connectivity index (χ0) is 17.7. The van der Waals surface area contributed by atoms with Gasteiger partial charge in [0.05, 0.1) is 5.69 Å². The number of nitrogens with zero attached hydrogens (tertiary/aromatic N) is 3. The van der Waals surface area contributed by atoms with Crippen LogP contribution in [0, 0.1) is 16.7 Å². The molecule has 0 spiro atoms. The molecule has 0 unspecified atom stereocenters. The summed E-state index contributed by atoms with van der Waals surface area (Å²) in [5.41, 5.74) is 5.82. The maximum absolute atomic E-state index is 12.4. The third-order valence-corrected chi connectivity index (χ3v) is 6.70. The van der Waals surface area contributed by atoms with Crippen LogP contribution >= 0.6 is 0 Å². The Bertz CT molecular complexity index is 820. The molecule has 2 aromatic rings. The summed E-state index contributed by atoms with van der Waals surface area (Å²) in [7, 11) is 0. The SMILES string of the molecule is CC1(C)[C@@H]2CC[C@]1(C)/C(=N/NC(=O)c1ccc(-n3cccn3)cc1)C2. The summed E-state index contributed by atoms with van der Waals surface area (Å²) in [5.74, 6) is 0.519. The first kappa shape index (κ1) is 16.1. The Hall–Kier alpha value is -2.43. The van der Waals surface area contributed by atoms with E-state index in [9.17, 15) is 4.79 Å². The molecule has 1 N–H and O–H groups in total. The van der Waals surface area contributed by atoms with Gasteiger partial charge in [-0.3, -0.25) is 4.79 Å². The van der Waals surface area contributed by atoms with Crippen LogP contribution in [-0.4, -0.2) is 21.4 Å². The molecule has 1 aromatic heterocycles. The Labute approximate surface area is 148 Å². The van der Waals surface area contributed by atoms with E-state index in [-0.39, 0.29) is 16.7 Å². The lowest BCUT2D eigenvalue weighted by molar-refractivity contribution is 0.0954. The summed E-state index contributed by atoms with van der Waals surface area (Å²) in [6.45, 7) is 6.97. The fourth-order valence-corrected chi connectivity index (χ4v) is 4.47. The van der Waals surface area contributed by atoms with Gasteiger partial charge in [-0.2, -0.15) is 10.2 Å². The highest BCUT2D eigenvalue weighted by Crippen LogP contribution is 2.63. The van der Waals surface area contributed by atoms with Gasteiger partial charge in [-0.25, -0.2) is 10.1 Å². The number of carbonyl (C=O) groups excluding carboxylic acids is 1. The molecule has 25 heavy (non-hydrogen) atoms. The van der Waals surface area contributed by atoms with E-state index < -0.39 is 0 Å². The number of fused-ring (bicyclic) bond motifs is 2. The topological polar surface area (TPSA) is 59.3 Å². The number of rotatable bonds is 3. The third-order valence-electron chi connectivity index (χ3n) is 6.70. The minimum absolute atomic E-state index is 0.106. The molecule has 5 nitrogen and oxygen atoms in total. The van der Waals surface area contributed by atoms with Crippen molar-refractivity contribution in [2.75, 3.05) is 0 Å².